The molecule has 2 rings (SSSR count). The Hall–Kier alpha value is -3.35. The van der Waals surface area contributed by atoms with E-state index in [1.807, 2.05) is 32.0 Å². The van der Waals surface area contributed by atoms with E-state index >= 15 is 0 Å². The predicted molar refractivity (Wildman–Crippen MR) is 119 cm³/mol. The Bertz CT molecular complexity index is 906. The first-order valence-corrected chi connectivity index (χ1v) is 10.2. The van der Waals surface area contributed by atoms with Crippen LogP contribution in [-0.4, -0.2) is 37.5 Å². The fourth-order valence-corrected chi connectivity index (χ4v) is 2.99. The zero-order chi connectivity index (χ0) is 23.0. The van der Waals surface area contributed by atoms with E-state index in [9.17, 15) is 14.4 Å². The highest BCUT2D eigenvalue weighted by atomic mass is 16.5. The molecule has 31 heavy (non-hydrogen) atoms. The van der Waals surface area contributed by atoms with Gasteiger partial charge in [-0.15, -0.1) is 0 Å². The molecule has 0 aromatic heterocycles. The van der Waals surface area contributed by atoms with Gasteiger partial charge in [-0.25, -0.2) is 4.79 Å². The third-order valence-corrected chi connectivity index (χ3v) is 4.76. The van der Waals surface area contributed by atoms with Gasteiger partial charge in [0.05, 0.1) is 7.11 Å². The van der Waals surface area contributed by atoms with E-state index in [4.69, 9.17) is 9.47 Å². The molecule has 7 nitrogen and oxygen atoms in total. The van der Waals surface area contributed by atoms with Gasteiger partial charge in [0, 0.05) is 11.3 Å². The molecule has 2 N–H and O–H groups in total. The van der Waals surface area contributed by atoms with E-state index in [0.29, 0.717) is 17.0 Å². The summed E-state index contributed by atoms with van der Waals surface area (Å²) in [5, 5.41) is 5.46. The Morgan fingerprint density at radius 2 is 1.58 bits per heavy atom. The quantitative estimate of drug-likeness (QED) is 0.596. The standard InChI is InChI=1S/C24H30N2O5/c1-15(2)19-8-6-7-9-20(19)25-21(27)14-31-24(29)22(16(3)4)26-23(28)17-10-12-18(30-5)13-11-17/h6-13,15-16,22H,14H2,1-5H3,(H,25,27)(H,26,28)/t22-/m0/s1. The molecule has 0 aliphatic heterocycles. The van der Waals surface area contributed by atoms with E-state index in [0.717, 1.165) is 5.56 Å². The van der Waals surface area contributed by atoms with Crippen LogP contribution in [0.3, 0.4) is 0 Å². The van der Waals surface area contributed by atoms with Crippen LogP contribution in [0.15, 0.2) is 48.5 Å². The highest BCUT2D eigenvalue weighted by Gasteiger charge is 2.27. The van der Waals surface area contributed by atoms with Crippen molar-refractivity contribution in [3.8, 4) is 5.75 Å². The number of nitrogens with one attached hydrogen (secondary N) is 2. The van der Waals surface area contributed by atoms with Crippen LogP contribution in [0, 0.1) is 5.92 Å². The predicted octanol–water partition coefficient (Wildman–Crippen LogP) is 3.75. The van der Waals surface area contributed by atoms with E-state index in [-0.39, 0.29) is 11.8 Å². The number of anilines is 1. The Morgan fingerprint density at radius 1 is 0.935 bits per heavy atom. The maximum atomic E-state index is 12.5. The van der Waals surface area contributed by atoms with E-state index in [2.05, 4.69) is 10.6 Å². The van der Waals surface area contributed by atoms with Crippen molar-refractivity contribution in [3.05, 3.63) is 59.7 Å². The first-order chi connectivity index (χ1) is 14.7. The molecule has 0 aliphatic carbocycles. The first-order valence-electron chi connectivity index (χ1n) is 10.2. The summed E-state index contributed by atoms with van der Waals surface area (Å²) in [6.07, 6.45) is 0. The van der Waals surface area contributed by atoms with Crippen LogP contribution in [0.1, 0.15) is 49.5 Å². The molecule has 7 heteroatoms. The summed E-state index contributed by atoms with van der Waals surface area (Å²) in [6, 6.07) is 13.1. The smallest absolute Gasteiger partial charge is 0.329 e. The summed E-state index contributed by atoms with van der Waals surface area (Å²) in [4.78, 5) is 37.4. The summed E-state index contributed by atoms with van der Waals surface area (Å²) >= 11 is 0. The monoisotopic (exact) mass is 426 g/mol. The number of carbonyl (C=O) groups excluding carboxylic acids is 3. The lowest BCUT2D eigenvalue weighted by molar-refractivity contribution is -0.150. The van der Waals surface area contributed by atoms with Crippen molar-refractivity contribution in [1.29, 1.82) is 0 Å². The second kappa shape index (κ2) is 11.2. The number of ether oxygens (including phenoxy) is 2. The second-order valence-electron chi connectivity index (χ2n) is 7.82. The normalized spacial score (nSPS) is 11.7. The molecule has 0 bridgehead atoms. The number of methoxy groups -OCH3 is 1. The van der Waals surface area contributed by atoms with Gasteiger partial charge in [0.15, 0.2) is 6.61 Å². The molecule has 0 spiro atoms. The molecule has 2 amide bonds. The molecule has 0 radical (unpaired) electrons. The summed E-state index contributed by atoms with van der Waals surface area (Å²) in [7, 11) is 1.54. The molecule has 0 saturated carbocycles. The minimum atomic E-state index is -0.884. The lowest BCUT2D eigenvalue weighted by atomic mass is 10.0. The summed E-state index contributed by atoms with van der Waals surface area (Å²) < 4.78 is 10.3. The number of hydrogen-bond acceptors (Lipinski definition) is 5. The number of hydrogen-bond donors (Lipinski definition) is 2. The van der Waals surface area contributed by atoms with Crippen molar-refractivity contribution in [3.63, 3.8) is 0 Å². The Balaban J connectivity index is 1.96. The minimum absolute atomic E-state index is 0.223. The van der Waals surface area contributed by atoms with Gasteiger partial charge in [0.25, 0.3) is 11.8 Å². The Labute approximate surface area is 183 Å². The first kappa shape index (κ1) is 23.9. The molecular weight excluding hydrogens is 396 g/mol. The highest BCUT2D eigenvalue weighted by Crippen LogP contribution is 2.23. The summed E-state index contributed by atoms with van der Waals surface area (Å²) in [5.41, 5.74) is 2.07. The molecule has 0 aliphatic rings. The van der Waals surface area contributed by atoms with Crippen molar-refractivity contribution >= 4 is 23.5 Å². The van der Waals surface area contributed by atoms with Crippen molar-refractivity contribution in [2.75, 3.05) is 19.0 Å². The number of para-hydroxylation sites is 1. The van der Waals surface area contributed by atoms with Crippen LogP contribution < -0.4 is 15.4 Å². The Morgan fingerprint density at radius 3 is 2.16 bits per heavy atom. The summed E-state index contributed by atoms with van der Waals surface area (Å²) in [6.45, 7) is 7.21. The third kappa shape index (κ3) is 6.84. The zero-order valence-corrected chi connectivity index (χ0v) is 18.6. The van der Waals surface area contributed by atoms with Gasteiger partial charge in [-0.3, -0.25) is 9.59 Å². The number of esters is 1. The zero-order valence-electron chi connectivity index (χ0n) is 18.6. The SMILES string of the molecule is COc1ccc(C(=O)N[C@H](C(=O)OCC(=O)Nc2ccccc2C(C)C)C(C)C)cc1. The Kier molecular flexibility index (Phi) is 8.61. The molecule has 0 unspecified atom stereocenters. The van der Waals surface area contributed by atoms with Gasteiger partial charge in [0.2, 0.25) is 0 Å². The highest BCUT2D eigenvalue weighted by molar-refractivity contribution is 5.97. The third-order valence-electron chi connectivity index (χ3n) is 4.76. The molecule has 2 aromatic carbocycles. The molecule has 166 valence electrons. The molecule has 0 fully saturated rings. The van der Waals surface area contributed by atoms with Crippen LogP contribution in [0.25, 0.3) is 0 Å². The molecular formula is C24H30N2O5. The second-order valence-corrected chi connectivity index (χ2v) is 7.82. The van der Waals surface area contributed by atoms with Crippen LogP contribution >= 0.6 is 0 Å². The lowest BCUT2D eigenvalue weighted by Crippen LogP contribution is -2.45. The van der Waals surface area contributed by atoms with Gasteiger partial charge in [-0.2, -0.15) is 0 Å². The van der Waals surface area contributed by atoms with E-state index < -0.39 is 30.4 Å². The fraction of sp³-hybridized carbons (Fsp3) is 0.375. The van der Waals surface area contributed by atoms with Crippen molar-refractivity contribution < 1.29 is 23.9 Å². The topological polar surface area (TPSA) is 93.7 Å². The van der Waals surface area contributed by atoms with Gasteiger partial charge in [-0.05, 0) is 47.7 Å². The maximum absolute atomic E-state index is 12.5. The average molecular weight is 427 g/mol. The minimum Gasteiger partial charge on any atom is -0.497 e. The molecule has 0 heterocycles. The summed E-state index contributed by atoms with van der Waals surface area (Å²) in [5.74, 6) is -0.874. The number of benzene rings is 2. The maximum Gasteiger partial charge on any atom is 0.329 e. The van der Waals surface area contributed by atoms with Crippen molar-refractivity contribution in [1.82, 2.24) is 5.32 Å². The number of rotatable bonds is 9. The molecule has 1 atom stereocenters. The largest absolute Gasteiger partial charge is 0.497 e. The lowest BCUT2D eigenvalue weighted by Gasteiger charge is -2.21. The van der Waals surface area contributed by atoms with Crippen LogP contribution in [0.5, 0.6) is 5.75 Å². The van der Waals surface area contributed by atoms with Gasteiger partial charge >= 0.3 is 5.97 Å². The number of carbonyl (C=O) groups is 3. The van der Waals surface area contributed by atoms with Gasteiger partial charge < -0.3 is 20.1 Å². The van der Waals surface area contributed by atoms with Gasteiger partial charge in [-0.1, -0.05) is 45.9 Å². The van der Waals surface area contributed by atoms with Crippen molar-refractivity contribution in [2.24, 2.45) is 5.92 Å². The molecule has 2 aromatic rings. The van der Waals surface area contributed by atoms with Gasteiger partial charge in [0.1, 0.15) is 11.8 Å². The van der Waals surface area contributed by atoms with E-state index in [1.54, 1.807) is 44.2 Å². The van der Waals surface area contributed by atoms with Crippen LogP contribution in [0.4, 0.5) is 5.69 Å². The van der Waals surface area contributed by atoms with Crippen LogP contribution in [0.2, 0.25) is 0 Å². The fourth-order valence-electron chi connectivity index (χ4n) is 2.99. The number of amides is 2. The van der Waals surface area contributed by atoms with Crippen molar-refractivity contribution in [2.45, 2.75) is 39.7 Å². The average Bonchev–Trinajstić information content (AvgIpc) is 2.75. The van der Waals surface area contributed by atoms with E-state index in [1.165, 1.54) is 7.11 Å². The molecule has 0 saturated heterocycles. The van der Waals surface area contributed by atoms with Crippen LogP contribution in [-0.2, 0) is 14.3 Å².